The summed E-state index contributed by atoms with van der Waals surface area (Å²) in [6.07, 6.45) is 4.91. The molecule has 0 aliphatic carbocycles. The predicted octanol–water partition coefficient (Wildman–Crippen LogP) is 4.60. The van der Waals surface area contributed by atoms with E-state index in [1.54, 1.807) is 12.5 Å². The molecule has 3 aromatic heterocycles. The highest BCUT2D eigenvalue weighted by atomic mass is 16.5. The second kappa shape index (κ2) is 7.62. The van der Waals surface area contributed by atoms with Crippen LogP contribution >= 0.6 is 0 Å². The van der Waals surface area contributed by atoms with Crippen LogP contribution in [0.5, 0.6) is 0 Å². The van der Waals surface area contributed by atoms with Crippen molar-refractivity contribution in [2.24, 2.45) is 0 Å². The molecule has 30 heavy (non-hydrogen) atoms. The van der Waals surface area contributed by atoms with Gasteiger partial charge in [0.25, 0.3) is 0 Å². The summed E-state index contributed by atoms with van der Waals surface area (Å²) in [6.45, 7) is 3.23. The van der Waals surface area contributed by atoms with Crippen LogP contribution in [0.15, 0.2) is 57.8 Å². The quantitative estimate of drug-likeness (QED) is 0.537. The number of nitrogens with zero attached hydrogens (tertiary/aromatic N) is 4. The molecule has 0 unspecified atom stereocenters. The van der Waals surface area contributed by atoms with Crippen LogP contribution in [0.4, 0.5) is 10.5 Å². The number of hydrogen-bond donors (Lipinski definition) is 1. The van der Waals surface area contributed by atoms with Crippen LogP contribution < -0.4 is 5.32 Å². The molecule has 2 amide bonds. The fourth-order valence-electron chi connectivity index (χ4n) is 3.79. The highest BCUT2D eigenvalue weighted by Crippen LogP contribution is 2.29. The number of aryl methyl sites for hydroxylation is 1. The highest BCUT2D eigenvalue weighted by Gasteiger charge is 2.28. The van der Waals surface area contributed by atoms with E-state index >= 15 is 0 Å². The van der Waals surface area contributed by atoms with Crippen molar-refractivity contribution in [1.29, 1.82) is 0 Å². The monoisotopic (exact) mass is 403 g/mol. The van der Waals surface area contributed by atoms with Gasteiger partial charge in [0, 0.05) is 36.3 Å². The summed E-state index contributed by atoms with van der Waals surface area (Å²) in [5, 5.41) is 8.03. The number of furan rings is 1. The Hall–Kier alpha value is -3.68. The van der Waals surface area contributed by atoms with E-state index < -0.39 is 0 Å². The molecule has 152 valence electrons. The molecule has 5 rings (SSSR count). The van der Waals surface area contributed by atoms with Crippen molar-refractivity contribution in [3.63, 3.8) is 0 Å². The van der Waals surface area contributed by atoms with Gasteiger partial charge in [-0.15, -0.1) is 0 Å². The fraction of sp³-hybridized carbons (Fsp3) is 0.273. The normalized spacial score (nSPS) is 14.9. The smallest absolute Gasteiger partial charge is 0.321 e. The minimum Gasteiger partial charge on any atom is -0.464 e. The number of amides is 2. The molecule has 1 N–H and O–H groups in total. The lowest BCUT2D eigenvalue weighted by Gasteiger charge is -2.30. The van der Waals surface area contributed by atoms with Gasteiger partial charge < -0.3 is 19.2 Å². The van der Waals surface area contributed by atoms with Crippen LogP contribution in [0, 0.1) is 6.92 Å². The maximum atomic E-state index is 12.6. The van der Waals surface area contributed by atoms with Crippen molar-refractivity contribution in [1.82, 2.24) is 20.0 Å². The first-order valence-corrected chi connectivity index (χ1v) is 9.96. The molecule has 1 fully saturated rings. The number of anilines is 1. The summed E-state index contributed by atoms with van der Waals surface area (Å²) < 4.78 is 10.8. The molecule has 1 aromatic carbocycles. The zero-order valence-corrected chi connectivity index (χ0v) is 16.5. The maximum absolute atomic E-state index is 12.6. The van der Waals surface area contributed by atoms with E-state index in [9.17, 15) is 4.79 Å². The molecule has 1 aliphatic rings. The van der Waals surface area contributed by atoms with Gasteiger partial charge in [0.05, 0.1) is 6.26 Å². The van der Waals surface area contributed by atoms with Crippen molar-refractivity contribution in [3.8, 4) is 11.5 Å². The van der Waals surface area contributed by atoms with Gasteiger partial charge in [0.15, 0.2) is 0 Å². The van der Waals surface area contributed by atoms with Crippen LogP contribution in [0.1, 0.15) is 30.2 Å². The van der Waals surface area contributed by atoms with Crippen LogP contribution in [0.2, 0.25) is 0 Å². The summed E-state index contributed by atoms with van der Waals surface area (Å²) in [5.74, 6) is 1.26. The van der Waals surface area contributed by atoms with Crippen molar-refractivity contribution in [3.05, 3.63) is 60.3 Å². The molecule has 0 saturated carbocycles. The number of aromatic nitrogens is 3. The average Bonchev–Trinajstić information content (AvgIpc) is 3.43. The number of carbonyl (C=O) groups excluding carboxylic acids is 1. The van der Waals surface area contributed by atoms with Crippen molar-refractivity contribution >= 4 is 22.7 Å². The van der Waals surface area contributed by atoms with Gasteiger partial charge >= 0.3 is 6.03 Å². The Bertz CT molecular complexity index is 1190. The largest absolute Gasteiger partial charge is 0.464 e. The van der Waals surface area contributed by atoms with E-state index in [-0.39, 0.29) is 11.9 Å². The molecule has 0 bridgehead atoms. The van der Waals surface area contributed by atoms with E-state index in [0.29, 0.717) is 24.8 Å². The lowest BCUT2D eigenvalue weighted by atomic mass is 9.97. The van der Waals surface area contributed by atoms with E-state index in [0.717, 1.165) is 40.8 Å². The van der Waals surface area contributed by atoms with Crippen molar-refractivity contribution in [2.75, 3.05) is 18.4 Å². The first-order valence-electron chi connectivity index (χ1n) is 9.96. The SMILES string of the molecule is Cc1cccnc1-c1noc(C2CCN(C(=O)Nc3ccc4occc4c3)CC2)n1. The number of urea groups is 1. The third-order valence-corrected chi connectivity index (χ3v) is 5.50. The Morgan fingerprint density at radius 3 is 2.90 bits per heavy atom. The number of rotatable bonds is 3. The molecule has 0 spiro atoms. The lowest BCUT2D eigenvalue weighted by molar-refractivity contribution is 0.187. The summed E-state index contributed by atoms with van der Waals surface area (Å²) >= 11 is 0. The number of likely N-dealkylation sites (tertiary alicyclic amines) is 1. The maximum Gasteiger partial charge on any atom is 0.321 e. The molecule has 0 radical (unpaired) electrons. The average molecular weight is 403 g/mol. The Morgan fingerprint density at radius 2 is 2.07 bits per heavy atom. The predicted molar refractivity (Wildman–Crippen MR) is 111 cm³/mol. The molecule has 1 aliphatic heterocycles. The van der Waals surface area contributed by atoms with Gasteiger partial charge in [-0.3, -0.25) is 4.98 Å². The number of carbonyl (C=O) groups is 1. The third kappa shape index (κ3) is 3.52. The second-order valence-electron chi connectivity index (χ2n) is 7.49. The van der Waals surface area contributed by atoms with Gasteiger partial charge in [-0.2, -0.15) is 4.98 Å². The molecule has 8 nitrogen and oxygen atoms in total. The third-order valence-electron chi connectivity index (χ3n) is 5.50. The Kier molecular flexibility index (Phi) is 4.66. The minimum atomic E-state index is -0.105. The minimum absolute atomic E-state index is 0.105. The number of hydrogen-bond acceptors (Lipinski definition) is 6. The van der Waals surface area contributed by atoms with E-state index in [1.807, 2.05) is 48.2 Å². The van der Waals surface area contributed by atoms with Gasteiger partial charge in [-0.25, -0.2) is 4.79 Å². The Morgan fingerprint density at radius 1 is 1.20 bits per heavy atom. The highest BCUT2D eigenvalue weighted by molar-refractivity contribution is 5.92. The fourth-order valence-corrected chi connectivity index (χ4v) is 3.79. The first kappa shape index (κ1) is 18.4. The Labute approximate surface area is 172 Å². The van der Waals surface area contributed by atoms with E-state index in [4.69, 9.17) is 8.94 Å². The van der Waals surface area contributed by atoms with Gasteiger partial charge in [-0.05, 0) is 55.7 Å². The molecule has 1 saturated heterocycles. The van der Waals surface area contributed by atoms with Gasteiger partial charge in [0.2, 0.25) is 11.7 Å². The van der Waals surface area contributed by atoms with E-state index in [1.165, 1.54) is 0 Å². The summed E-state index contributed by atoms with van der Waals surface area (Å²) in [4.78, 5) is 23.4. The number of benzene rings is 1. The molecular weight excluding hydrogens is 382 g/mol. The van der Waals surface area contributed by atoms with Crippen molar-refractivity contribution in [2.45, 2.75) is 25.7 Å². The van der Waals surface area contributed by atoms with Crippen LogP contribution in [-0.2, 0) is 0 Å². The molecule has 0 atom stereocenters. The van der Waals surface area contributed by atoms with Crippen LogP contribution in [0.25, 0.3) is 22.5 Å². The van der Waals surface area contributed by atoms with Crippen LogP contribution in [0.3, 0.4) is 0 Å². The van der Waals surface area contributed by atoms with Gasteiger partial charge in [-0.1, -0.05) is 11.2 Å². The topological polar surface area (TPSA) is 97.3 Å². The second-order valence-corrected chi connectivity index (χ2v) is 7.49. The summed E-state index contributed by atoms with van der Waals surface area (Å²) in [5.41, 5.74) is 3.29. The molecule has 4 aromatic rings. The summed E-state index contributed by atoms with van der Waals surface area (Å²) in [7, 11) is 0. The van der Waals surface area contributed by atoms with Gasteiger partial charge in [0.1, 0.15) is 11.3 Å². The standard InChI is InChI=1S/C22H21N5O3/c1-14-3-2-9-23-19(14)20-25-21(30-26-20)15-6-10-27(11-7-15)22(28)24-17-4-5-18-16(13-17)8-12-29-18/h2-5,8-9,12-13,15H,6-7,10-11H2,1H3,(H,24,28). The molecule has 4 heterocycles. The number of nitrogens with one attached hydrogen (secondary N) is 1. The lowest BCUT2D eigenvalue weighted by Crippen LogP contribution is -2.40. The van der Waals surface area contributed by atoms with E-state index in [2.05, 4.69) is 20.4 Å². The number of pyridine rings is 1. The first-order chi connectivity index (χ1) is 14.7. The summed E-state index contributed by atoms with van der Waals surface area (Å²) in [6, 6.07) is 11.2. The zero-order valence-electron chi connectivity index (χ0n) is 16.5. The Balaban J connectivity index is 1.21. The molecule has 8 heteroatoms. The van der Waals surface area contributed by atoms with Crippen LogP contribution in [-0.4, -0.2) is 39.1 Å². The number of fused-ring (bicyclic) bond motifs is 1. The molecular formula is C22H21N5O3. The number of piperidine rings is 1. The zero-order chi connectivity index (χ0) is 20.5. The van der Waals surface area contributed by atoms with Crippen molar-refractivity contribution < 1.29 is 13.7 Å².